The second kappa shape index (κ2) is 5.64. The van der Waals surface area contributed by atoms with Gasteiger partial charge in [0.25, 0.3) is 0 Å². The molecule has 3 aromatic carbocycles. The van der Waals surface area contributed by atoms with Crippen molar-refractivity contribution in [2.24, 2.45) is 0 Å². The van der Waals surface area contributed by atoms with Crippen molar-refractivity contribution in [2.45, 2.75) is 26.2 Å². The van der Waals surface area contributed by atoms with Gasteiger partial charge in [0.1, 0.15) is 0 Å². The first-order valence-corrected chi connectivity index (χ1v) is 9.12. The van der Waals surface area contributed by atoms with Crippen LogP contribution in [0.1, 0.15) is 26.3 Å². The molecule has 120 valence electrons. The highest BCUT2D eigenvalue weighted by Crippen LogP contribution is 2.40. The first kappa shape index (κ1) is 15.2. The van der Waals surface area contributed by atoms with Gasteiger partial charge in [-0.25, -0.2) is 0 Å². The molecular weight excluding hydrogens is 310 g/mol. The molecule has 4 aromatic rings. The second-order valence-electron chi connectivity index (χ2n) is 7.20. The zero-order valence-corrected chi connectivity index (χ0v) is 15.1. The molecule has 1 heterocycles. The number of benzene rings is 3. The molecule has 24 heavy (non-hydrogen) atoms. The van der Waals surface area contributed by atoms with Gasteiger partial charge >= 0.3 is 0 Å². The van der Waals surface area contributed by atoms with Crippen LogP contribution >= 0.6 is 11.3 Å². The number of para-hydroxylation sites is 1. The van der Waals surface area contributed by atoms with Gasteiger partial charge in [-0.2, -0.15) is 0 Å². The van der Waals surface area contributed by atoms with Gasteiger partial charge in [-0.05, 0) is 29.2 Å². The van der Waals surface area contributed by atoms with E-state index in [0.29, 0.717) is 0 Å². The highest BCUT2D eigenvalue weighted by Gasteiger charge is 2.18. The van der Waals surface area contributed by atoms with E-state index >= 15 is 0 Å². The second-order valence-corrected chi connectivity index (χ2v) is 8.25. The molecule has 0 spiro atoms. The fraction of sp³-hybridized carbons (Fsp3) is 0.182. The summed E-state index contributed by atoms with van der Waals surface area (Å²) in [6, 6.07) is 23.8. The number of nitrogens with one attached hydrogen (secondary N) is 1. The predicted octanol–water partition coefficient (Wildman–Crippen LogP) is 7.10. The Balaban J connectivity index is 1.87. The lowest BCUT2D eigenvalue weighted by Crippen LogP contribution is -2.13. The van der Waals surface area contributed by atoms with E-state index in [1.54, 1.807) is 0 Å². The molecule has 0 saturated heterocycles. The molecule has 0 bridgehead atoms. The molecule has 2 heteroatoms. The molecule has 1 nitrogen and oxygen atoms in total. The average Bonchev–Trinajstić information content (AvgIpc) is 2.94. The van der Waals surface area contributed by atoms with E-state index in [-0.39, 0.29) is 5.41 Å². The summed E-state index contributed by atoms with van der Waals surface area (Å²) in [5.74, 6) is 0. The number of rotatable bonds is 2. The first-order valence-electron chi connectivity index (χ1n) is 8.31. The van der Waals surface area contributed by atoms with Gasteiger partial charge in [-0.1, -0.05) is 69.3 Å². The molecule has 0 fully saturated rings. The standard InChI is InChI=1S/C22H21NS/c1-22(2,3)17-11-5-6-12-18(17)23-19-13-8-10-16-15-9-4-7-14-20(15)24-21(16)19/h4-14,23H,1-3H3. The van der Waals surface area contributed by atoms with Crippen LogP contribution in [0.3, 0.4) is 0 Å². The summed E-state index contributed by atoms with van der Waals surface area (Å²) >= 11 is 1.86. The van der Waals surface area contributed by atoms with Crippen molar-refractivity contribution >= 4 is 42.9 Å². The Bertz CT molecular complexity index is 1020. The highest BCUT2D eigenvalue weighted by atomic mass is 32.1. The van der Waals surface area contributed by atoms with Crippen LogP contribution in [-0.2, 0) is 5.41 Å². The summed E-state index contributed by atoms with van der Waals surface area (Å²) in [4.78, 5) is 0. The molecule has 1 N–H and O–H groups in total. The fourth-order valence-corrected chi connectivity index (χ4v) is 4.41. The van der Waals surface area contributed by atoms with Gasteiger partial charge < -0.3 is 5.32 Å². The summed E-state index contributed by atoms with van der Waals surface area (Å²) in [6.45, 7) is 6.77. The Morgan fingerprint density at radius 2 is 1.38 bits per heavy atom. The maximum absolute atomic E-state index is 3.69. The van der Waals surface area contributed by atoms with Crippen molar-refractivity contribution in [3.8, 4) is 0 Å². The Hall–Kier alpha value is -2.32. The fourth-order valence-electron chi connectivity index (χ4n) is 3.24. The normalized spacial score (nSPS) is 12.0. The molecule has 0 aliphatic rings. The summed E-state index contributed by atoms with van der Waals surface area (Å²) < 4.78 is 2.66. The lowest BCUT2D eigenvalue weighted by Gasteiger charge is -2.23. The topological polar surface area (TPSA) is 12.0 Å². The summed E-state index contributed by atoms with van der Waals surface area (Å²) in [5.41, 5.74) is 3.82. The lowest BCUT2D eigenvalue weighted by molar-refractivity contribution is 0.592. The molecule has 0 atom stereocenters. The number of hydrogen-bond acceptors (Lipinski definition) is 2. The minimum atomic E-state index is 0.109. The summed E-state index contributed by atoms with van der Waals surface area (Å²) in [7, 11) is 0. The molecule has 0 saturated carbocycles. The zero-order chi connectivity index (χ0) is 16.7. The van der Waals surface area contributed by atoms with Crippen LogP contribution in [0.4, 0.5) is 11.4 Å². The third-order valence-electron chi connectivity index (χ3n) is 4.41. The van der Waals surface area contributed by atoms with Crippen LogP contribution in [0.15, 0.2) is 66.7 Å². The van der Waals surface area contributed by atoms with E-state index < -0.39 is 0 Å². The smallest absolute Gasteiger partial charge is 0.0590 e. The maximum Gasteiger partial charge on any atom is 0.0590 e. The van der Waals surface area contributed by atoms with E-state index in [1.165, 1.54) is 37.1 Å². The van der Waals surface area contributed by atoms with Crippen molar-refractivity contribution in [2.75, 3.05) is 5.32 Å². The van der Waals surface area contributed by atoms with Gasteiger partial charge in [0.2, 0.25) is 0 Å². The average molecular weight is 331 g/mol. The molecule has 0 aliphatic carbocycles. The van der Waals surface area contributed by atoms with Crippen LogP contribution in [0.2, 0.25) is 0 Å². The van der Waals surface area contributed by atoms with E-state index in [4.69, 9.17) is 0 Å². The quantitative estimate of drug-likeness (QED) is 0.413. The number of fused-ring (bicyclic) bond motifs is 3. The minimum absolute atomic E-state index is 0.109. The molecule has 0 aliphatic heterocycles. The van der Waals surface area contributed by atoms with Gasteiger partial charge in [0.05, 0.1) is 10.4 Å². The zero-order valence-electron chi connectivity index (χ0n) is 14.3. The van der Waals surface area contributed by atoms with Gasteiger partial charge in [-0.3, -0.25) is 0 Å². The maximum atomic E-state index is 3.69. The number of hydrogen-bond donors (Lipinski definition) is 1. The van der Waals surface area contributed by atoms with Gasteiger partial charge in [0, 0.05) is 21.2 Å². The summed E-state index contributed by atoms with van der Waals surface area (Å²) in [6.07, 6.45) is 0. The third-order valence-corrected chi connectivity index (χ3v) is 5.63. The van der Waals surface area contributed by atoms with E-state index in [9.17, 15) is 0 Å². The van der Waals surface area contributed by atoms with Crippen molar-refractivity contribution in [3.63, 3.8) is 0 Å². The van der Waals surface area contributed by atoms with Crippen LogP contribution in [0.25, 0.3) is 20.2 Å². The Kier molecular flexibility index (Phi) is 3.58. The SMILES string of the molecule is CC(C)(C)c1ccccc1Nc1cccc2c1sc1ccccc12. The van der Waals surface area contributed by atoms with Crippen molar-refractivity contribution < 1.29 is 0 Å². The number of anilines is 2. The van der Waals surface area contributed by atoms with Gasteiger partial charge in [0.15, 0.2) is 0 Å². The van der Waals surface area contributed by atoms with E-state index in [0.717, 1.165) is 0 Å². The largest absolute Gasteiger partial charge is 0.354 e. The molecular formula is C22H21NS. The Labute approximate surface area is 147 Å². The first-order chi connectivity index (χ1) is 11.5. The predicted molar refractivity (Wildman–Crippen MR) is 108 cm³/mol. The highest BCUT2D eigenvalue weighted by molar-refractivity contribution is 7.26. The van der Waals surface area contributed by atoms with Crippen molar-refractivity contribution in [1.82, 2.24) is 0 Å². The van der Waals surface area contributed by atoms with Crippen LogP contribution in [0, 0.1) is 0 Å². The van der Waals surface area contributed by atoms with Crippen molar-refractivity contribution in [1.29, 1.82) is 0 Å². The minimum Gasteiger partial charge on any atom is -0.354 e. The van der Waals surface area contributed by atoms with Crippen LogP contribution in [-0.4, -0.2) is 0 Å². The monoisotopic (exact) mass is 331 g/mol. The Morgan fingerprint density at radius 1 is 0.708 bits per heavy atom. The lowest BCUT2D eigenvalue weighted by atomic mass is 9.86. The van der Waals surface area contributed by atoms with Crippen LogP contribution < -0.4 is 5.32 Å². The molecule has 4 rings (SSSR count). The van der Waals surface area contributed by atoms with Crippen molar-refractivity contribution in [3.05, 3.63) is 72.3 Å². The van der Waals surface area contributed by atoms with Gasteiger partial charge in [-0.15, -0.1) is 11.3 Å². The summed E-state index contributed by atoms with van der Waals surface area (Å²) in [5, 5.41) is 6.36. The molecule has 0 unspecified atom stereocenters. The number of thiophene rings is 1. The molecule has 0 amide bonds. The van der Waals surface area contributed by atoms with Crippen LogP contribution in [0.5, 0.6) is 0 Å². The van der Waals surface area contributed by atoms with E-state index in [1.807, 2.05) is 11.3 Å². The molecule has 0 radical (unpaired) electrons. The van der Waals surface area contributed by atoms with E-state index in [2.05, 4.69) is 92.8 Å². The molecule has 1 aromatic heterocycles. The third kappa shape index (κ3) is 2.57. The Morgan fingerprint density at radius 3 is 2.21 bits per heavy atom.